The number of hydrogen-bond donors (Lipinski definition) is 2. The van der Waals surface area contributed by atoms with E-state index in [0.29, 0.717) is 13.1 Å². The first-order valence-corrected chi connectivity index (χ1v) is 6.39. The summed E-state index contributed by atoms with van der Waals surface area (Å²) in [6.45, 7) is 9.04. The zero-order chi connectivity index (χ0) is 13.9. The van der Waals surface area contributed by atoms with E-state index in [9.17, 15) is 5.11 Å². The Bertz CT molecular complexity index is 383. The normalized spacial score (nSPS) is 16.9. The molecule has 0 amide bonds. The first-order chi connectivity index (χ1) is 8.21. The van der Waals surface area contributed by atoms with E-state index in [1.807, 2.05) is 45.8 Å². The zero-order valence-electron chi connectivity index (χ0n) is 12.4. The van der Waals surface area contributed by atoms with Crippen molar-refractivity contribution in [3.63, 3.8) is 0 Å². The molecule has 1 aromatic heterocycles. The van der Waals surface area contributed by atoms with Crippen molar-refractivity contribution in [3.05, 3.63) is 23.2 Å². The molecule has 2 unspecified atom stereocenters. The number of aryl methyl sites for hydroxylation is 2. The molecule has 0 aliphatic rings. The molecule has 0 aliphatic heterocycles. The number of rotatable bonds is 6. The van der Waals surface area contributed by atoms with Gasteiger partial charge in [0.1, 0.15) is 11.5 Å². The molecular formula is C14H26N2O2. The molecular weight excluding hydrogens is 228 g/mol. The third kappa shape index (κ3) is 4.44. The van der Waals surface area contributed by atoms with E-state index in [1.54, 1.807) is 0 Å². The average molecular weight is 254 g/mol. The fourth-order valence-electron chi connectivity index (χ4n) is 2.30. The highest BCUT2D eigenvalue weighted by atomic mass is 16.3. The zero-order valence-corrected chi connectivity index (χ0v) is 12.4. The van der Waals surface area contributed by atoms with Gasteiger partial charge in [-0.15, -0.1) is 0 Å². The van der Waals surface area contributed by atoms with Crippen molar-refractivity contribution in [2.24, 2.45) is 0 Å². The first-order valence-electron chi connectivity index (χ1n) is 6.39. The Morgan fingerprint density at radius 2 is 2.06 bits per heavy atom. The predicted octanol–water partition coefficient (Wildman–Crippen LogP) is 1.86. The summed E-state index contributed by atoms with van der Waals surface area (Å²) in [5.41, 5.74) is 0.429. The highest BCUT2D eigenvalue weighted by Crippen LogP contribution is 2.21. The quantitative estimate of drug-likeness (QED) is 0.813. The van der Waals surface area contributed by atoms with Crippen molar-refractivity contribution in [3.8, 4) is 0 Å². The molecule has 0 spiro atoms. The van der Waals surface area contributed by atoms with Crippen LogP contribution in [0.25, 0.3) is 0 Å². The maximum absolute atomic E-state index is 10.2. The summed E-state index contributed by atoms with van der Waals surface area (Å²) in [6.07, 6.45) is 0. The van der Waals surface area contributed by atoms with Crippen LogP contribution in [0.1, 0.15) is 37.0 Å². The molecule has 0 bridgehead atoms. The van der Waals surface area contributed by atoms with Crippen LogP contribution in [0.2, 0.25) is 0 Å². The second kappa shape index (κ2) is 5.87. The summed E-state index contributed by atoms with van der Waals surface area (Å²) in [6, 6.07) is 2.23. The lowest BCUT2D eigenvalue weighted by atomic mass is 10.0. The largest absolute Gasteiger partial charge is 0.466 e. The van der Waals surface area contributed by atoms with Crippen molar-refractivity contribution in [2.75, 3.05) is 27.2 Å². The molecule has 18 heavy (non-hydrogen) atoms. The number of furan rings is 1. The van der Waals surface area contributed by atoms with Crippen molar-refractivity contribution in [1.29, 1.82) is 0 Å². The second-order valence-electron chi connectivity index (χ2n) is 5.71. The lowest BCUT2D eigenvalue weighted by Crippen LogP contribution is -2.46. The molecule has 2 atom stereocenters. The molecule has 0 aliphatic carbocycles. The van der Waals surface area contributed by atoms with Crippen LogP contribution in [0.3, 0.4) is 0 Å². The van der Waals surface area contributed by atoms with E-state index in [2.05, 4.69) is 12.2 Å². The maximum atomic E-state index is 10.2. The summed E-state index contributed by atoms with van der Waals surface area (Å²) >= 11 is 0. The van der Waals surface area contributed by atoms with Crippen molar-refractivity contribution >= 4 is 0 Å². The summed E-state index contributed by atoms with van der Waals surface area (Å²) in [5.74, 6) is 1.87. The lowest BCUT2D eigenvalue weighted by molar-refractivity contribution is 0.0317. The molecule has 0 fully saturated rings. The van der Waals surface area contributed by atoms with Gasteiger partial charge in [-0.3, -0.25) is 0 Å². The second-order valence-corrected chi connectivity index (χ2v) is 5.71. The third-order valence-corrected chi connectivity index (χ3v) is 2.99. The molecule has 1 rings (SSSR count). The minimum absolute atomic E-state index is 0.177. The van der Waals surface area contributed by atoms with Gasteiger partial charge in [-0.2, -0.15) is 0 Å². The topological polar surface area (TPSA) is 48.6 Å². The van der Waals surface area contributed by atoms with E-state index in [0.717, 1.165) is 17.1 Å². The molecule has 4 nitrogen and oxygen atoms in total. The number of nitrogens with zero attached hydrogens (tertiary/aromatic N) is 1. The van der Waals surface area contributed by atoms with Gasteiger partial charge in [-0.1, -0.05) is 0 Å². The molecule has 0 radical (unpaired) electrons. The van der Waals surface area contributed by atoms with Gasteiger partial charge >= 0.3 is 0 Å². The van der Waals surface area contributed by atoms with E-state index in [1.165, 1.54) is 0 Å². The molecule has 0 saturated carbocycles. The summed E-state index contributed by atoms with van der Waals surface area (Å²) in [4.78, 5) is 1.99. The van der Waals surface area contributed by atoms with Gasteiger partial charge in [0.15, 0.2) is 0 Å². The van der Waals surface area contributed by atoms with E-state index < -0.39 is 5.60 Å². The number of aliphatic hydroxyl groups is 1. The Balaban J connectivity index is 2.55. The minimum atomic E-state index is -0.732. The molecule has 0 aromatic carbocycles. The standard InChI is InChI=1S/C14H26N2O2/c1-10-7-13(12(3)18-10)11(2)15-8-14(4,17)9-16(5)6/h7,11,15,17H,8-9H2,1-6H3. The van der Waals surface area contributed by atoms with Gasteiger partial charge in [-0.25, -0.2) is 0 Å². The third-order valence-electron chi connectivity index (χ3n) is 2.99. The maximum Gasteiger partial charge on any atom is 0.105 e. The number of likely N-dealkylation sites (N-methyl/N-ethyl adjacent to an activating group) is 1. The van der Waals surface area contributed by atoms with E-state index >= 15 is 0 Å². The van der Waals surface area contributed by atoms with Crippen LogP contribution in [0.15, 0.2) is 10.5 Å². The Kier molecular flexibility index (Phi) is 4.96. The SMILES string of the molecule is Cc1cc(C(C)NCC(C)(O)CN(C)C)c(C)o1. The van der Waals surface area contributed by atoms with Crippen LogP contribution in [0.5, 0.6) is 0 Å². The smallest absolute Gasteiger partial charge is 0.105 e. The number of nitrogens with one attached hydrogen (secondary N) is 1. The van der Waals surface area contributed by atoms with Crippen LogP contribution in [0, 0.1) is 13.8 Å². The van der Waals surface area contributed by atoms with Gasteiger partial charge in [0.2, 0.25) is 0 Å². The van der Waals surface area contributed by atoms with Crippen molar-refractivity contribution < 1.29 is 9.52 Å². The van der Waals surface area contributed by atoms with Crippen LogP contribution in [-0.2, 0) is 0 Å². The van der Waals surface area contributed by atoms with Crippen LogP contribution >= 0.6 is 0 Å². The molecule has 1 aromatic rings. The molecule has 4 heteroatoms. The van der Waals surface area contributed by atoms with Crippen LogP contribution in [0.4, 0.5) is 0 Å². The van der Waals surface area contributed by atoms with E-state index in [-0.39, 0.29) is 6.04 Å². The van der Waals surface area contributed by atoms with Gasteiger partial charge in [-0.05, 0) is 47.9 Å². The highest BCUT2D eigenvalue weighted by Gasteiger charge is 2.23. The Morgan fingerprint density at radius 1 is 1.44 bits per heavy atom. The van der Waals surface area contributed by atoms with Crippen LogP contribution in [-0.4, -0.2) is 42.8 Å². The Hall–Kier alpha value is -0.840. The predicted molar refractivity (Wildman–Crippen MR) is 73.8 cm³/mol. The molecule has 1 heterocycles. The van der Waals surface area contributed by atoms with Gasteiger partial charge in [0.05, 0.1) is 5.60 Å². The Morgan fingerprint density at radius 3 is 2.50 bits per heavy atom. The summed E-state index contributed by atoms with van der Waals surface area (Å²) in [7, 11) is 3.92. The van der Waals surface area contributed by atoms with Gasteiger partial charge < -0.3 is 19.7 Å². The fourth-order valence-corrected chi connectivity index (χ4v) is 2.30. The molecule has 104 valence electrons. The van der Waals surface area contributed by atoms with Crippen molar-refractivity contribution in [2.45, 2.75) is 39.3 Å². The summed E-state index contributed by atoms with van der Waals surface area (Å²) < 4.78 is 5.52. The highest BCUT2D eigenvalue weighted by molar-refractivity contribution is 5.23. The first kappa shape index (κ1) is 15.2. The Labute approximate surface area is 110 Å². The fraction of sp³-hybridized carbons (Fsp3) is 0.714. The van der Waals surface area contributed by atoms with Gasteiger partial charge in [0, 0.05) is 24.7 Å². The summed E-state index contributed by atoms with van der Waals surface area (Å²) in [5, 5.41) is 13.6. The minimum Gasteiger partial charge on any atom is -0.466 e. The molecule has 0 saturated heterocycles. The molecule has 2 N–H and O–H groups in total. The van der Waals surface area contributed by atoms with E-state index in [4.69, 9.17) is 4.42 Å². The van der Waals surface area contributed by atoms with Crippen molar-refractivity contribution in [1.82, 2.24) is 10.2 Å². The number of hydrogen-bond acceptors (Lipinski definition) is 4. The van der Waals surface area contributed by atoms with Crippen LogP contribution < -0.4 is 5.32 Å². The van der Waals surface area contributed by atoms with Gasteiger partial charge in [0.25, 0.3) is 0 Å². The monoisotopic (exact) mass is 254 g/mol. The average Bonchev–Trinajstić information content (AvgIpc) is 2.52. The lowest BCUT2D eigenvalue weighted by Gasteiger charge is -2.28.